The highest BCUT2D eigenvalue weighted by molar-refractivity contribution is 7.10. The zero-order valence-electron chi connectivity index (χ0n) is 17.9. The second kappa shape index (κ2) is 10.3. The summed E-state index contributed by atoms with van der Waals surface area (Å²) < 4.78 is 5.19. The highest BCUT2D eigenvalue weighted by Gasteiger charge is 2.34. The molecule has 1 unspecified atom stereocenters. The zero-order chi connectivity index (χ0) is 22.5. The Kier molecular flexibility index (Phi) is 7.25. The number of thiophene rings is 1. The molecule has 5 nitrogen and oxygen atoms in total. The van der Waals surface area contributed by atoms with Gasteiger partial charge in [-0.2, -0.15) is 0 Å². The van der Waals surface area contributed by atoms with Crippen LogP contribution in [0.15, 0.2) is 66.0 Å². The van der Waals surface area contributed by atoms with Crippen LogP contribution in [0.3, 0.4) is 0 Å². The van der Waals surface area contributed by atoms with E-state index < -0.39 is 0 Å². The minimum Gasteiger partial charge on any atom is -0.383 e. The van der Waals surface area contributed by atoms with Gasteiger partial charge in [0.25, 0.3) is 5.91 Å². The summed E-state index contributed by atoms with van der Waals surface area (Å²) in [7, 11) is 1.58. The lowest BCUT2D eigenvalue weighted by Crippen LogP contribution is -2.47. The lowest BCUT2D eigenvalue weighted by molar-refractivity contribution is -0.134. The monoisotopic (exact) mass is 468 g/mol. The maximum Gasteiger partial charge on any atom is 0.255 e. The van der Waals surface area contributed by atoms with E-state index in [2.05, 4.69) is 23.6 Å². The van der Waals surface area contributed by atoms with Gasteiger partial charge in [0, 0.05) is 25.1 Å². The normalized spacial score (nSPS) is 15.3. The van der Waals surface area contributed by atoms with Crippen molar-refractivity contribution in [3.8, 4) is 0 Å². The summed E-state index contributed by atoms with van der Waals surface area (Å²) in [5.41, 5.74) is 2.62. The summed E-state index contributed by atoms with van der Waals surface area (Å²) in [6, 6.07) is 18.9. The van der Waals surface area contributed by atoms with Crippen LogP contribution < -0.4 is 0 Å². The Balaban J connectivity index is 1.61. The van der Waals surface area contributed by atoms with E-state index >= 15 is 0 Å². The molecule has 32 heavy (non-hydrogen) atoms. The molecule has 166 valence electrons. The van der Waals surface area contributed by atoms with Crippen molar-refractivity contribution in [2.24, 2.45) is 0 Å². The first-order valence-electron chi connectivity index (χ1n) is 10.5. The molecule has 2 heterocycles. The fraction of sp³-hybridized carbons (Fsp3) is 0.280. The minimum atomic E-state index is -0.273. The molecule has 7 heteroatoms. The second-order valence-corrected chi connectivity index (χ2v) is 9.06. The number of benzene rings is 2. The fourth-order valence-electron chi connectivity index (χ4n) is 4.09. The van der Waals surface area contributed by atoms with Gasteiger partial charge in [0.05, 0.1) is 23.2 Å². The molecule has 2 amide bonds. The highest BCUT2D eigenvalue weighted by atomic mass is 35.5. The molecule has 0 bridgehead atoms. The molecule has 0 radical (unpaired) electrons. The van der Waals surface area contributed by atoms with Gasteiger partial charge in [-0.3, -0.25) is 9.59 Å². The van der Waals surface area contributed by atoms with Crippen molar-refractivity contribution < 1.29 is 14.3 Å². The molecule has 1 aliphatic rings. The molecule has 4 rings (SSSR count). The number of methoxy groups -OCH3 is 1. The quantitative estimate of drug-likeness (QED) is 0.506. The van der Waals surface area contributed by atoms with Gasteiger partial charge in [0.1, 0.15) is 6.54 Å². The van der Waals surface area contributed by atoms with Crippen LogP contribution in [0.5, 0.6) is 0 Å². The van der Waals surface area contributed by atoms with Crippen LogP contribution in [0.4, 0.5) is 0 Å². The van der Waals surface area contributed by atoms with Gasteiger partial charge in [-0.15, -0.1) is 11.3 Å². The molecule has 2 aromatic carbocycles. The number of halogens is 1. The van der Waals surface area contributed by atoms with E-state index in [9.17, 15) is 9.59 Å². The third kappa shape index (κ3) is 4.72. The number of ether oxygens (including phenoxy) is 1. The van der Waals surface area contributed by atoms with Gasteiger partial charge in [0.2, 0.25) is 5.91 Å². The first-order chi connectivity index (χ1) is 15.6. The predicted molar refractivity (Wildman–Crippen MR) is 127 cm³/mol. The van der Waals surface area contributed by atoms with Crippen LogP contribution in [0.25, 0.3) is 0 Å². The van der Waals surface area contributed by atoms with Crippen LogP contribution >= 0.6 is 22.9 Å². The molecule has 0 N–H and O–H groups in total. The SMILES string of the molecule is COCCN(CC(=O)N1CCc2sccc2C1c1ccccc1)C(=O)c1ccccc1Cl. The van der Waals surface area contributed by atoms with Gasteiger partial charge in [-0.25, -0.2) is 0 Å². The smallest absolute Gasteiger partial charge is 0.255 e. The molecule has 1 atom stereocenters. The molecule has 1 aliphatic heterocycles. The lowest BCUT2D eigenvalue weighted by atomic mass is 9.93. The van der Waals surface area contributed by atoms with E-state index in [1.165, 1.54) is 15.3 Å². The Bertz CT molecular complexity index is 1090. The summed E-state index contributed by atoms with van der Waals surface area (Å²) in [6.45, 7) is 1.22. The number of hydrogen-bond donors (Lipinski definition) is 0. The summed E-state index contributed by atoms with van der Waals surface area (Å²) >= 11 is 7.99. The number of carbonyl (C=O) groups is 2. The van der Waals surface area contributed by atoms with Crippen molar-refractivity contribution in [3.05, 3.63) is 92.6 Å². The van der Waals surface area contributed by atoms with Crippen molar-refractivity contribution >= 4 is 34.8 Å². The molecule has 3 aromatic rings. The molecular weight excluding hydrogens is 444 g/mol. The van der Waals surface area contributed by atoms with Crippen molar-refractivity contribution in [2.75, 3.05) is 33.4 Å². The average Bonchev–Trinajstić information content (AvgIpc) is 3.30. The number of fused-ring (bicyclic) bond motifs is 1. The van der Waals surface area contributed by atoms with Crippen molar-refractivity contribution in [2.45, 2.75) is 12.5 Å². The van der Waals surface area contributed by atoms with E-state index in [4.69, 9.17) is 16.3 Å². The van der Waals surface area contributed by atoms with E-state index in [-0.39, 0.29) is 24.4 Å². The summed E-state index contributed by atoms with van der Waals surface area (Å²) in [5.74, 6) is -0.363. The average molecular weight is 469 g/mol. The maximum absolute atomic E-state index is 13.6. The Hall–Kier alpha value is -2.67. The molecule has 1 aromatic heterocycles. The van der Waals surface area contributed by atoms with E-state index in [0.29, 0.717) is 30.3 Å². The first kappa shape index (κ1) is 22.5. The Morgan fingerprint density at radius 3 is 2.62 bits per heavy atom. The minimum absolute atomic E-state index is 0.0315. The van der Waals surface area contributed by atoms with Crippen molar-refractivity contribution in [1.82, 2.24) is 9.80 Å². The van der Waals surface area contributed by atoms with Crippen LogP contribution in [0, 0.1) is 0 Å². The summed E-state index contributed by atoms with van der Waals surface area (Å²) in [5, 5.41) is 2.45. The highest BCUT2D eigenvalue weighted by Crippen LogP contribution is 2.37. The van der Waals surface area contributed by atoms with E-state index in [0.717, 1.165) is 12.0 Å². The zero-order valence-corrected chi connectivity index (χ0v) is 19.4. The maximum atomic E-state index is 13.6. The van der Waals surface area contributed by atoms with Gasteiger partial charge < -0.3 is 14.5 Å². The Morgan fingerprint density at radius 2 is 1.88 bits per heavy atom. The molecule has 0 saturated carbocycles. The predicted octanol–water partition coefficient (Wildman–Crippen LogP) is 4.66. The Morgan fingerprint density at radius 1 is 1.12 bits per heavy atom. The van der Waals surface area contributed by atoms with Crippen molar-refractivity contribution in [1.29, 1.82) is 0 Å². The van der Waals surface area contributed by atoms with Crippen LogP contribution in [0.2, 0.25) is 5.02 Å². The van der Waals surface area contributed by atoms with Crippen LogP contribution in [-0.4, -0.2) is 55.0 Å². The number of nitrogens with zero attached hydrogens (tertiary/aromatic N) is 2. The number of carbonyl (C=O) groups excluding carboxylic acids is 2. The van der Waals surface area contributed by atoms with Gasteiger partial charge in [0.15, 0.2) is 0 Å². The third-order valence-corrected chi connectivity index (χ3v) is 7.01. The fourth-order valence-corrected chi connectivity index (χ4v) is 5.21. The lowest BCUT2D eigenvalue weighted by Gasteiger charge is -2.37. The first-order valence-corrected chi connectivity index (χ1v) is 11.8. The Labute approximate surface area is 197 Å². The molecule has 0 fully saturated rings. The summed E-state index contributed by atoms with van der Waals surface area (Å²) in [6.07, 6.45) is 0.818. The number of hydrogen-bond acceptors (Lipinski definition) is 4. The number of amides is 2. The van der Waals surface area contributed by atoms with E-state index in [1.807, 2.05) is 23.1 Å². The van der Waals surface area contributed by atoms with Gasteiger partial charge in [-0.05, 0) is 41.1 Å². The summed E-state index contributed by atoms with van der Waals surface area (Å²) in [4.78, 5) is 31.5. The third-order valence-electron chi connectivity index (χ3n) is 5.68. The molecule has 0 aliphatic carbocycles. The number of rotatable bonds is 7. The largest absolute Gasteiger partial charge is 0.383 e. The van der Waals surface area contributed by atoms with Crippen LogP contribution in [-0.2, 0) is 16.0 Å². The van der Waals surface area contributed by atoms with Gasteiger partial charge >= 0.3 is 0 Å². The molecule has 0 saturated heterocycles. The van der Waals surface area contributed by atoms with Crippen molar-refractivity contribution in [3.63, 3.8) is 0 Å². The van der Waals surface area contributed by atoms with Gasteiger partial charge in [-0.1, -0.05) is 54.1 Å². The van der Waals surface area contributed by atoms with Crippen LogP contribution in [0.1, 0.15) is 32.4 Å². The van der Waals surface area contributed by atoms with E-state index in [1.54, 1.807) is 42.7 Å². The molecule has 0 spiro atoms. The standard InChI is InChI=1S/C25H25ClN2O3S/c1-31-15-14-27(25(30)19-9-5-6-10-21(19)26)17-23(29)28-13-11-22-20(12-16-32-22)24(28)18-7-3-2-4-8-18/h2-10,12,16,24H,11,13-15,17H2,1H3. The second-order valence-electron chi connectivity index (χ2n) is 7.65. The topological polar surface area (TPSA) is 49.9 Å². The molecular formula is C25H25ClN2O3S.